The van der Waals surface area contributed by atoms with Gasteiger partial charge in [-0.1, -0.05) is 30.3 Å². The fourth-order valence-electron chi connectivity index (χ4n) is 4.25. The Bertz CT molecular complexity index is 1280. The predicted octanol–water partition coefficient (Wildman–Crippen LogP) is 4.25. The lowest BCUT2D eigenvalue weighted by atomic mass is 9.81. The summed E-state index contributed by atoms with van der Waals surface area (Å²) in [6.45, 7) is 3.95. The number of hydrogen-bond donors (Lipinski definition) is 1. The first-order chi connectivity index (χ1) is 15.5. The van der Waals surface area contributed by atoms with Crippen molar-refractivity contribution < 1.29 is 27.8 Å². The van der Waals surface area contributed by atoms with E-state index in [4.69, 9.17) is 9.47 Å². The fraction of sp³-hybridized carbons (Fsp3) is 0.320. The second-order valence-corrected chi connectivity index (χ2v) is 11.0. The van der Waals surface area contributed by atoms with Gasteiger partial charge in [-0.2, -0.15) is 0 Å². The fourth-order valence-corrected chi connectivity index (χ4v) is 5.14. The van der Waals surface area contributed by atoms with E-state index in [9.17, 15) is 18.3 Å². The second kappa shape index (κ2) is 8.59. The normalized spacial score (nSPS) is 17.1. The van der Waals surface area contributed by atoms with Crippen LogP contribution in [0.4, 0.5) is 0 Å². The summed E-state index contributed by atoms with van der Waals surface area (Å²) in [5.74, 6) is 0.0975. The van der Waals surface area contributed by atoms with Crippen molar-refractivity contribution >= 4 is 15.8 Å². The third-order valence-corrected chi connectivity index (χ3v) is 6.77. The third kappa shape index (κ3) is 5.22. The van der Waals surface area contributed by atoms with Crippen molar-refractivity contribution in [2.45, 2.75) is 50.0 Å². The molecule has 1 unspecified atom stereocenters. The van der Waals surface area contributed by atoms with Crippen LogP contribution in [-0.2, 0) is 27.8 Å². The molecule has 174 valence electrons. The van der Waals surface area contributed by atoms with Gasteiger partial charge in [-0.25, -0.2) is 8.42 Å². The quantitative estimate of drug-likeness (QED) is 0.556. The Labute approximate surface area is 193 Å². The molecular weight excluding hydrogens is 442 g/mol. The van der Waals surface area contributed by atoms with Crippen molar-refractivity contribution in [2.75, 3.05) is 6.26 Å². The molecule has 8 heteroatoms. The Hall–Kier alpha value is -3.26. The molecule has 1 aromatic heterocycles. The molecule has 2 heterocycles. The number of sulfone groups is 1. The summed E-state index contributed by atoms with van der Waals surface area (Å²) in [6, 6.07) is 17.1. The van der Waals surface area contributed by atoms with Crippen LogP contribution in [0.5, 0.6) is 11.5 Å². The van der Waals surface area contributed by atoms with Crippen LogP contribution in [0.1, 0.15) is 42.9 Å². The van der Waals surface area contributed by atoms with Crippen LogP contribution < -0.4 is 9.47 Å². The number of fused-ring (bicyclic) bond motifs is 1. The van der Waals surface area contributed by atoms with Crippen molar-refractivity contribution in [3.05, 3.63) is 77.5 Å². The van der Waals surface area contributed by atoms with Gasteiger partial charge in [0.1, 0.15) is 35.3 Å². The molecule has 0 saturated heterocycles. The number of carbonyl (C=O) groups is 1. The Morgan fingerprint density at radius 2 is 1.91 bits per heavy atom. The molecule has 0 saturated carbocycles. The van der Waals surface area contributed by atoms with E-state index in [2.05, 4.69) is 0 Å². The van der Waals surface area contributed by atoms with E-state index in [-0.39, 0.29) is 10.9 Å². The van der Waals surface area contributed by atoms with E-state index in [0.717, 1.165) is 22.9 Å². The third-order valence-electron chi connectivity index (χ3n) is 5.65. The molecule has 0 radical (unpaired) electrons. The first kappa shape index (κ1) is 22.9. The van der Waals surface area contributed by atoms with Crippen molar-refractivity contribution in [1.29, 1.82) is 0 Å². The predicted molar refractivity (Wildman–Crippen MR) is 124 cm³/mol. The molecule has 0 spiro atoms. The van der Waals surface area contributed by atoms with Crippen molar-refractivity contribution in [3.63, 3.8) is 0 Å². The molecular formula is C25H27NO6S. The minimum absolute atomic E-state index is 0.0118. The Balaban J connectivity index is 1.72. The summed E-state index contributed by atoms with van der Waals surface area (Å²) in [5.41, 5.74) is 2.18. The number of rotatable bonds is 7. The van der Waals surface area contributed by atoms with Gasteiger partial charge in [0.15, 0.2) is 9.84 Å². The van der Waals surface area contributed by atoms with E-state index < -0.39 is 28.0 Å². The molecule has 1 aliphatic heterocycles. The van der Waals surface area contributed by atoms with Gasteiger partial charge < -0.3 is 19.1 Å². The highest BCUT2D eigenvalue weighted by molar-refractivity contribution is 7.90. The SMILES string of the molecule is CC1(C)CC(c2cc(S(C)(=O)=O)n(CC(=O)O)c2)c2cc(OCc3ccccc3)ccc2O1. The van der Waals surface area contributed by atoms with Crippen LogP contribution in [0, 0.1) is 0 Å². The van der Waals surface area contributed by atoms with Crippen LogP contribution >= 0.6 is 0 Å². The van der Waals surface area contributed by atoms with Crippen molar-refractivity contribution in [2.24, 2.45) is 0 Å². The van der Waals surface area contributed by atoms with Gasteiger partial charge in [-0.05, 0) is 55.7 Å². The zero-order chi connectivity index (χ0) is 23.8. The largest absolute Gasteiger partial charge is 0.489 e. The number of ether oxygens (including phenoxy) is 2. The van der Waals surface area contributed by atoms with E-state index in [1.54, 1.807) is 12.3 Å². The Morgan fingerprint density at radius 1 is 1.18 bits per heavy atom. The lowest BCUT2D eigenvalue weighted by Gasteiger charge is -2.37. The van der Waals surface area contributed by atoms with Gasteiger partial charge in [-0.15, -0.1) is 0 Å². The number of benzene rings is 2. The zero-order valence-corrected chi connectivity index (χ0v) is 19.6. The molecule has 3 aromatic rings. The summed E-state index contributed by atoms with van der Waals surface area (Å²) < 4.78 is 38.1. The van der Waals surface area contributed by atoms with E-state index in [0.29, 0.717) is 24.5 Å². The molecule has 0 fully saturated rings. The number of aliphatic carboxylic acids is 1. The lowest BCUT2D eigenvalue weighted by Crippen LogP contribution is -2.35. The summed E-state index contributed by atoms with van der Waals surface area (Å²) in [7, 11) is -3.61. The van der Waals surface area contributed by atoms with Crippen LogP contribution in [0.3, 0.4) is 0 Å². The molecule has 1 atom stereocenters. The van der Waals surface area contributed by atoms with Crippen molar-refractivity contribution in [1.82, 2.24) is 4.57 Å². The summed E-state index contributed by atoms with van der Waals surface area (Å²) in [5, 5.41) is 9.24. The lowest BCUT2D eigenvalue weighted by molar-refractivity contribution is -0.137. The number of carboxylic acids is 1. The molecule has 2 aromatic carbocycles. The molecule has 33 heavy (non-hydrogen) atoms. The number of nitrogens with zero attached hydrogens (tertiary/aromatic N) is 1. The number of carboxylic acid groups (broad SMARTS) is 1. The maximum atomic E-state index is 12.3. The van der Waals surface area contributed by atoms with Gasteiger partial charge in [0, 0.05) is 23.9 Å². The average Bonchev–Trinajstić information content (AvgIpc) is 3.15. The minimum Gasteiger partial charge on any atom is -0.489 e. The molecule has 4 rings (SSSR count). The highest BCUT2D eigenvalue weighted by Crippen LogP contribution is 2.46. The Kier molecular flexibility index (Phi) is 5.97. The summed E-state index contributed by atoms with van der Waals surface area (Å²) in [6.07, 6.45) is 3.31. The van der Waals surface area contributed by atoms with E-state index in [1.165, 1.54) is 4.57 Å². The first-order valence-electron chi connectivity index (χ1n) is 10.6. The average molecular weight is 470 g/mol. The highest BCUT2D eigenvalue weighted by Gasteiger charge is 2.36. The second-order valence-electron chi connectivity index (χ2n) is 9.00. The maximum Gasteiger partial charge on any atom is 0.323 e. The maximum absolute atomic E-state index is 12.3. The van der Waals surface area contributed by atoms with Gasteiger partial charge in [-0.3, -0.25) is 4.79 Å². The van der Waals surface area contributed by atoms with Crippen LogP contribution in [0.15, 0.2) is 65.8 Å². The van der Waals surface area contributed by atoms with E-state index in [1.807, 2.05) is 62.4 Å². The van der Waals surface area contributed by atoms with Crippen molar-refractivity contribution in [3.8, 4) is 11.5 Å². The van der Waals surface area contributed by atoms with E-state index >= 15 is 0 Å². The standard InChI is InChI=1S/C25H27NO6S/c1-25(2)13-21(18-11-23(33(3,29)30)26(14-18)15-24(27)28)20-12-19(9-10-22(20)32-25)31-16-17-7-5-4-6-8-17/h4-12,14,21H,13,15-16H2,1-3H3,(H,27,28). The zero-order valence-electron chi connectivity index (χ0n) is 18.8. The number of aromatic nitrogens is 1. The highest BCUT2D eigenvalue weighted by atomic mass is 32.2. The van der Waals surface area contributed by atoms with Gasteiger partial charge in [0.25, 0.3) is 0 Å². The summed E-state index contributed by atoms with van der Waals surface area (Å²) in [4.78, 5) is 11.3. The molecule has 7 nitrogen and oxygen atoms in total. The minimum atomic E-state index is -3.61. The molecule has 0 aliphatic carbocycles. The molecule has 1 N–H and O–H groups in total. The van der Waals surface area contributed by atoms with Crippen LogP contribution in [0.2, 0.25) is 0 Å². The summed E-state index contributed by atoms with van der Waals surface area (Å²) >= 11 is 0. The Morgan fingerprint density at radius 3 is 2.58 bits per heavy atom. The monoisotopic (exact) mass is 469 g/mol. The van der Waals surface area contributed by atoms with Crippen LogP contribution in [-0.4, -0.2) is 35.9 Å². The smallest absolute Gasteiger partial charge is 0.323 e. The number of hydrogen-bond acceptors (Lipinski definition) is 5. The topological polar surface area (TPSA) is 94.8 Å². The van der Waals surface area contributed by atoms with Gasteiger partial charge >= 0.3 is 5.97 Å². The van der Waals surface area contributed by atoms with Crippen LogP contribution in [0.25, 0.3) is 0 Å². The van der Waals surface area contributed by atoms with Gasteiger partial charge in [0.05, 0.1) is 0 Å². The molecule has 1 aliphatic rings. The molecule has 0 bridgehead atoms. The first-order valence-corrected chi connectivity index (χ1v) is 12.5. The molecule has 0 amide bonds. The van der Waals surface area contributed by atoms with Gasteiger partial charge in [0.2, 0.25) is 0 Å².